The van der Waals surface area contributed by atoms with E-state index in [0.29, 0.717) is 12.2 Å². The van der Waals surface area contributed by atoms with E-state index in [0.717, 1.165) is 31.6 Å². The van der Waals surface area contributed by atoms with Crippen molar-refractivity contribution in [2.24, 2.45) is 5.92 Å². The minimum atomic E-state index is -0.278. The molecule has 0 N–H and O–H groups in total. The van der Waals surface area contributed by atoms with Gasteiger partial charge < -0.3 is 9.47 Å². The van der Waals surface area contributed by atoms with Gasteiger partial charge in [0.2, 0.25) is 0 Å². The van der Waals surface area contributed by atoms with Crippen molar-refractivity contribution in [1.82, 2.24) is 0 Å². The molecule has 2 rings (SSSR count). The van der Waals surface area contributed by atoms with Gasteiger partial charge in [0.05, 0.1) is 12.2 Å². The monoisotopic (exact) mass is 625 g/mol. The lowest BCUT2D eigenvalue weighted by Crippen LogP contribution is -2.32. The van der Waals surface area contributed by atoms with Gasteiger partial charge in [0.25, 0.3) is 0 Å². The molecule has 0 amide bonds. The van der Waals surface area contributed by atoms with E-state index in [1.807, 2.05) is 0 Å². The number of ether oxygens (including phenoxy) is 2. The van der Waals surface area contributed by atoms with Crippen molar-refractivity contribution in [2.75, 3.05) is 0 Å². The van der Waals surface area contributed by atoms with E-state index in [4.69, 9.17) is 9.47 Å². The first-order chi connectivity index (χ1) is 22.2. The summed E-state index contributed by atoms with van der Waals surface area (Å²) in [6.07, 6.45) is 55.4. The molecule has 260 valence electrons. The number of hydrogen-bond donors (Lipinski definition) is 0. The van der Waals surface area contributed by atoms with Gasteiger partial charge in [-0.3, -0.25) is 0 Å². The van der Waals surface area contributed by atoms with E-state index >= 15 is 0 Å². The van der Waals surface area contributed by atoms with E-state index in [2.05, 4.69) is 69.4 Å². The molecule has 0 aromatic heterocycles. The second-order valence-corrected chi connectivity index (χ2v) is 14.5. The summed E-state index contributed by atoms with van der Waals surface area (Å²) >= 11 is 0. The van der Waals surface area contributed by atoms with E-state index < -0.39 is 0 Å². The molecule has 2 heteroatoms. The third-order valence-corrected chi connectivity index (χ3v) is 9.93. The third-order valence-electron chi connectivity index (χ3n) is 9.93. The normalized spacial score (nSPS) is 21.4. The van der Waals surface area contributed by atoms with Gasteiger partial charge in [0.15, 0.2) is 5.79 Å². The predicted octanol–water partition coefficient (Wildman–Crippen LogP) is 14.3. The van der Waals surface area contributed by atoms with Crippen LogP contribution >= 0.6 is 0 Å². The van der Waals surface area contributed by atoms with Crippen LogP contribution in [0.1, 0.15) is 201 Å². The van der Waals surface area contributed by atoms with Gasteiger partial charge >= 0.3 is 0 Å². The van der Waals surface area contributed by atoms with Gasteiger partial charge in [-0.1, -0.05) is 146 Å². The Hall–Kier alpha value is -1.12. The van der Waals surface area contributed by atoms with Gasteiger partial charge in [0.1, 0.15) is 0 Å². The number of unbranched alkanes of at least 4 members (excludes halogenated alkanes) is 18. The topological polar surface area (TPSA) is 18.5 Å². The van der Waals surface area contributed by atoms with Crippen molar-refractivity contribution < 1.29 is 9.47 Å². The maximum atomic E-state index is 6.74. The molecule has 0 aromatic carbocycles. The first-order valence-corrected chi connectivity index (χ1v) is 20.1. The highest BCUT2D eigenvalue weighted by Crippen LogP contribution is 2.45. The maximum Gasteiger partial charge on any atom is 0.169 e. The highest BCUT2D eigenvalue weighted by Gasteiger charge is 2.50. The Morgan fingerprint density at radius 3 is 1.16 bits per heavy atom. The van der Waals surface area contributed by atoms with Gasteiger partial charge in [-0.15, -0.1) is 0 Å². The summed E-state index contributed by atoms with van der Waals surface area (Å²) in [6.45, 7) is 6.90. The summed E-state index contributed by atoms with van der Waals surface area (Å²) in [4.78, 5) is 0. The van der Waals surface area contributed by atoms with Crippen LogP contribution in [0.25, 0.3) is 0 Å². The lowest BCUT2D eigenvalue weighted by molar-refractivity contribution is -0.192. The molecule has 1 saturated heterocycles. The Morgan fingerprint density at radius 2 is 0.778 bits per heavy atom. The van der Waals surface area contributed by atoms with Gasteiger partial charge in [0, 0.05) is 12.8 Å². The molecule has 3 atom stereocenters. The Bertz CT molecular complexity index is 713. The van der Waals surface area contributed by atoms with Crippen molar-refractivity contribution in [2.45, 2.75) is 219 Å². The van der Waals surface area contributed by atoms with Crippen molar-refractivity contribution in [3.8, 4) is 0 Å². The number of hydrogen-bond acceptors (Lipinski definition) is 2. The molecular weight excluding hydrogens is 548 g/mol. The molecule has 0 bridgehead atoms. The second kappa shape index (κ2) is 27.9. The lowest BCUT2D eigenvalue weighted by Gasteiger charge is -2.30. The van der Waals surface area contributed by atoms with Crippen LogP contribution in [-0.4, -0.2) is 18.0 Å². The standard InChI is InChI=1S/C43H76O2/c1-4-6-8-10-12-14-16-18-20-22-24-26-28-30-32-34-36-43(44-41-38-40(3)39-42(41)45-43)37-35-33-31-29-27-25-23-21-19-17-15-13-11-9-7-5-2/h12-15,18-21,40-42H,4-11,16-17,22-39H2,1-3H3/b14-12-,15-13-,20-18-,21-19-/t40-,41+,42-. The average Bonchev–Trinajstić information content (AvgIpc) is 3.54. The van der Waals surface area contributed by atoms with E-state index in [9.17, 15) is 0 Å². The fourth-order valence-electron chi connectivity index (χ4n) is 7.15. The van der Waals surface area contributed by atoms with Crippen LogP contribution in [-0.2, 0) is 9.47 Å². The van der Waals surface area contributed by atoms with E-state index in [1.165, 1.54) is 154 Å². The molecule has 1 saturated carbocycles. The molecule has 0 aromatic rings. The molecule has 0 spiro atoms. The van der Waals surface area contributed by atoms with E-state index in [1.54, 1.807) is 0 Å². The van der Waals surface area contributed by atoms with Crippen molar-refractivity contribution in [1.29, 1.82) is 0 Å². The van der Waals surface area contributed by atoms with Crippen LogP contribution in [0.15, 0.2) is 48.6 Å². The van der Waals surface area contributed by atoms with Crippen LogP contribution in [0.5, 0.6) is 0 Å². The fourth-order valence-corrected chi connectivity index (χ4v) is 7.15. The highest BCUT2D eigenvalue weighted by atomic mass is 16.8. The SMILES string of the molecule is CCCCC/C=C\C/C=C\CCCCCCCCC1(CCCCCCCC/C=C\C/C=C\CCCCC)O[C@H]2C[C@@H](C)C[C@H]2O1. The quantitative estimate of drug-likeness (QED) is 0.0584. The van der Waals surface area contributed by atoms with Crippen molar-refractivity contribution >= 4 is 0 Å². The van der Waals surface area contributed by atoms with Crippen LogP contribution in [0.4, 0.5) is 0 Å². The average molecular weight is 625 g/mol. The Kier molecular flexibility index (Phi) is 24.9. The Balaban J connectivity index is 1.50. The number of fused-ring (bicyclic) bond motifs is 1. The predicted molar refractivity (Wildman–Crippen MR) is 199 cm³/mol. The fraction of sp³-hybridized carbons (Fsp3) is 0.814. The molecular formula is C43H76O2. The molecule has 1 aliphatic carbocycles. The Morgan fingerprint density at radius 1 is 0.444 bits per heavy atom. The van der Waals surface area contributed by atoms with Gasteiger partial charge in [-0.05, 0) is 95.8 Å². The molecule has 2 fully saturated rings. The first-order valence-electron chi connectivity index (χ1n) is 20.1. The largest absolute Gasteiger partial charge is 0.344 e. The van der Waals surface area contributed by atoms with Crippen LogP contribution < -0.4 is 0 Å². The first kappa shape index (κ1) is 40.1. The highest BCUT2D eigenvalue weighted by molar-refractivity contribution is 4.94. The summed E-state index contributed by atoms with van der Waals surface area (Å²) < 4.78 is 13.5. The number of rotatable bonds is 30. The molecule has 1 heterocycles. The molecule has 2 aliphatic rings. The minimum absolute atomic E-state index is 0.278. The van der Waals surface area contributed by atoms with Crippen LogP contribution in [0.3, 0.4) is 0 Å². The molecule has 1 aliphatic heterocycles. The maximum absolute atomic E-state index is 6.74. The van der Waals surface area contributed by atoms with Gasteiger partial charge in [-0.2, -0.15) is 0 Å². The lowest BCUT2D eigenvalue weighted by atomic mass is 9.98. The van der Waals surface area contributed by atoms with Gasteiger partial charge in [-0.25, -0.2) is 0 Å². The zero-order valence-corrected chi connectivity index (χ0v) is 30.5. The molecule has 2 nitrogen and oxygen atoms in total. The summed E-state index contributed by atoms with van der Waals surface area (Å²) in [7, 11) is 0. The zero-order chi connectivity index (χ0) is 32.1. The molecule has 45 heavy (non-hydrogen) atoms. The minimum Gasteiger partial charge on any atom is -0.344 e. The Labute approximate surface area is 282 Å². The smallest absolute Gasteiger partial charge is 0.169 e. The number of allylic oxidation sites excluding steroid dienone is 8. The summed E-state index contributed by atoms with van der Waals surface area (Å²) in [5, 5.41) is 0. The summed E-state index contributed by atoms with van der Waals surface area (Å²) in [5.74, 6) is 0.474. The summed E-state index contributed by atoms with van der Waals surface area (Å²) in [5.41, 5.74) is 0. The second-order valence-electron chi connectivity index (χ2n) is 14.5. The van der Waals surface area contributed by atoms with Crippen molar-refractivity contribution in [3.63, 3.8) is 0 Å². The molecule has 0 unspecified atom stereocenters. The van der Waals surface area contributed by atoms with Crippen molar-refractivity contribution in [3.05, 3.63) is 48.6 Å². The zero-order valence-electron chi connectivity index (χ0n) is 30.5. The molecule has 0 radical (unpaired) electrons. The van der Waals surface area contributed by atoms with Crippen LogP contribution in [0.2, 0.25) is 0 Å². The third kappa shape index (κ3) is 20.7. The van der Waals surface area contributed by atoms with E-state index in [-0.39, 0.29) is 5.79 Å². The summed E-state index contributed by atoms with van der Waals surface area (Å²) in [6, 6.07) is 0. The van der Waals surface area contributed by atoms with Crippen LogP contribution in [0, 0.1) is 5.92 Å².